The van der Waals surface area contributed by atoms with Crippen LogP contribution in [0.25, 0.3) is 0 Å². The summed E-state index contributed by atoms with van der Waals surface area (Å²) in [5, 5.41) is 9.30. The normalized spacial score (nSPS) is 25.6. The highest BCUT2D eigenvalue weighted by Gasteiger charge is 2.24. The van der Waals surface area contributed by atoms with Crippen molar-refractivity contribution in [3.63, 3.8) is 0 Å². The Kier molecular flexibility index (Phi) is 4.37. The molecule has 4 nitrogen and oxygen atoms in total. The van der Waals surface area contributed by atoms with Crippen LogP contribution in [-0.2, 0) is 10.6 Å². The maximum Gasteiger partial charge on any atom is 0.294 e. The standard InChI is InChI=1S/C10H15ClN2O2S/c1-14-7-3-2-4-8(5-7)15-10-13-12-9(6-11)16-10/h7-8H,2-6H2,1H3. The van der Waals surface area contributed by atoms with E-state index in [4.69, 9.17) is 21.1 Å². The van der Waals surface area contributed by atoms with Gasteiger partial charge < -0.3 is 9.47 Å². The van der Waals surface area contributed by atoms with E-state index in [-0.39, 0.29) is 6.10 Å². The van der Waals surface area contributed by atoms with E-state index in [1.165, 1.54) is 11.3 Å². The fourth-order valence-corrected chi connectivity index (χ4v) is 2.73. The number of hydrogen-bond donors (Lipinski definition) is 0. The van der Waals surface area contributed by atoms with Gasteiger partial charge in [-0.15, -0.1) is 21.8 Å². The number of methoxy groups -OCH3 is 1. The van der Waals surface area contributed by atoms with Crippen molar-refractivity contribution in [2.24, 2.45) is 0 Å². The van der Waals surface area contributed by atoms with E-state index in [9.17, 15) is 0 Å². The van der Waals surface area contributed by atoms with E-state index in [2.05, 4.69) is 10.2 Å². The molecule has 1 aromatic rings. The van der Waals surface area contributed by atoms with E-state index in [1.807, 2.05) is 0 Å². The van der Waals surface area contributed by atoms with Crippen LogP contribution < -0.4 is 4.74 Å². The van der Waals surface area contributed by atoms with Gasteiger partial charge in [-0.3, -0.25) is 0 Å². The third-order valence-corrected chi connectivity index (χ3v) is 3.97. The number of alkyl halides is 1. The van der Waals surface area contributed by atoms with Gasteiger partial charge in [0.05, 0.1) is 12.0 Å². The third kappa shape index (κ3) is 3.06. The molecule has 0 spiro atoms. The Bertz CT molecular complexity index is 334. The molecule has 0 bridgehead atoms. The van der Waals surface area contributed by atoms with Gasteiger partial charge in [0.1, 0.15) is 11.1 Å². The summed E-state index contributed by atoms with van der Waals surface area (Å²) in [6.07, 6.45) is 4.79. The molecule has 1 aliphatic rings. The molecule has 1 heterocycles. The van der Waals surface area contributed by atoms with Crippen LogP contribution >= 0.6 is 22.9 Å². The van der Waals surface area contributed by atoms with Crippen LogP contribution in [0, 0.1) is 0 Å². The lowest BCUT2D eigenvalue weighted by molar-refractivity contribution is 0.0207. The molecular formula is C10H15ClN2O2S. The zero-order valence-corrected chi connectivity index (χ0v) is 10.8. The molecule has 1 aliphatic carbocycles. The van der Waals surface area contributed by atoms with Crippen molar-refractivity contribution in [2.45, 2.75) is 43.8 Å². The van der Waals surface area contributed by atoms with Gasteiger partial charge in [0, 0.05) is 13.5 Å². The Hall–Kier alpha value is -0.390. The number of aromatic nitrogens is 2. The highest BCUT2D eigenvalue weighted by Crippen LogP contribution is 2.27. The van der Waals surface area contributed by atoms with Crippen molar-refractivity contribution in [1.29, 1.82) is 0 Å². The van der Waals surface area contributed by atoms with Crippen molar-refractivity contribution in [3.05, 3.63) is 5.01 Å². The predicted octanol–water partition coefficient (Wildman–Crippen LogP) is 2.61. The minimum atomic E-state index is 0.204. The molecule has 0 aliphatic heterocycles. The van der Waals surface area contributed by atoms with Gasteiger partial charge in [-0.1, -0.05) is 11.3 Å². The monoisotopic (exact) mass is 262 g/mol. The molecule has 1 saturated carbocycles. The van der Waals surface area contributed by atoms with Gasteiger partial charge in [0.15, 0.2) is 0 Å². The van der Waals surface area contributed by atoms with Crippen LogP contribution in [0.5, 0.6) is 5.19 Å². The summed E-state index contributed by atoms with van der Waals surface area (Å²) in [5.74, 6) is 0.395. The van der Waals surface area contributed by atoms with E-state index in [0.29, 0.717) is 17.2 Å². The predicted molar refractivity (Wildman–Crippen MR) is 63.1 cm³/mol. The van der Waals surface area contributed by atoms with E-state index >= 15 is 0 Å². The fraction of sp³-hybridized carbons (Fsp3) is 0.800. The Morgan fingerprint density at radius 2 is 2.19 bits per heavy atom. The summed E-state index contributed by atoms with van der Waals surface area (Å²) in [5.41, 5.74) is 0. The first-order valence-corrected chi connectivity index (χ1v) is 6.74. The number of ether oxygens (including phenoxy) is 2. The molecule has 0 aromatic carbocycles. The highest BCUT2D eigenvalue weighted by atomic mass is 35.5. The SMILES string of the molecule is COC1CCCC(Oc2nnc(CCl)s2)C1. The molecule has 6 heteroatoms. The summed E-state index contributed by atoms with van der Waals surface area (Å²) in [7, 11) is 1.75. The Labute approximate surface area is 104 Å². The summed E-state index contributed by atoms with van der Waals surface area (Å²) in [6, 6.07) is 0. The smallest absolute Gasteiger partial charge is 0.294 e. The molecule has 2 rings (SSSR count). The molecule has 16 heavy (non-hydrogen) atoms. The topological polar surface area (TPSA) is 44.2 Å². The number of nitrogens with zero attached hydrogens (tertiary/aromatic N) is 2. The average Bonchev–Trinajstić information content (AvgIpc) is 2.77. The van der Waals surface area contributed by atoms with Crippen LogP contribution in [0.4, 0.5) is 0 Å². The fourth-order valence-electron chi connectivity index (χ4n) is 1.91. The lowest BCUT2D eigenvalue weighted by Crippen LogP contribution is -2.29. The zero-order valence-electron chi connectivity index (χ0n) is 9.19. The minimum absolute atomic E-state index is 0.204. The van der Waals surface area contributed by atoms with Crippen LogP contribution in [0.2, 0.25) is 0 Å². The number of hydrogen-bond acceptors (Lipinski definition) is 5. The molecule has 2 atom stereocenters. The van der Waals surface area contributed by atoms with Crippen molar-refractivity contribution >= 4 is 22.9 Å². The molecule has 1 fully saturated rings. The Morgan fingerprint density at radius 1 is 1.38 bits per heavy atom. The van der Waals surface area contributed by atoms with Gasteiger partial charge >= 0.3 is 0 Å². The van der Waals surface area contributed by atoms with Gasteiger partial charge in [-0.2, -0.15) is 0 Å². The largest absolute Gasteiger partial charge is 0.466 e. The lowest BCUT2D eigenvalue weighted by atomic mass is 9.95. The second-order valence-corrected chi connectivity index (χ2v) is 5.15. The van der Waals surface area contributed by atoms with Crippen LogP contribution in [0.15, 0.2) is 0 Å². The van der Waals surface area contributed by atoms with Gasteiger partial charge in [-0.25, -0.2) is 0 Å². The maximum atomic E-state index is 5.78. The second-order valence-electron chi connectivity index (χ2n) is 3.86. The summed E-state index contributed by atoms with van der Waals surface area (Å²) < 4.78 is 11.1. The third-order valence-electron chi connectivity index (χ3n) is 2.74. The van der Waals surface area contributed by atoms with Gasteiger partial charge in [0.2, 0.25) is 0 Å². The quantitative estimate of drug-likeness (QED) is 0.783. The Morgan fingerprint density at radius 3 is 2.88 bits per heavy atom. The zero-order chi connectivity index (χ0) is 11.4. The molecule has 0 saturated heterocycles. The number of halogens is 1. The molecule has 0 N–H and O–H groups in total. The number of rotatable bonds is 4. The highest BCUT2D eigenvalue weighted by molar-refractivity contribution is 7.13. The average molecular weight is 263 g/mol. The Balaban J connectivity index is 1.88. The van der Waals surface area contributed by atoms with Gasteiger partial charge in [-0.05, 0) is 19.3 Å². The van der Waals surface area contributed by atoms with E-state index in [1.54, 1.807) is 7.11 Å². The van der Waals surface area contributed by atoms with Crippen molar-refractivity contribution in [2.75, 3.05) is 7.11 Å². The second kappa shape index (κ2) is 5.80. The first-order valence-electron chi connectivity index (χ1n) is 5.39. The summed E-state index contributed by atoms with van der Waals surface area (Å²) in [4.78, 5) is 0. The summed E-state index contributed by atoms with van der Waals surface area (Å²) >= 11 is 7.08. The van der Waals surface area contributed by atoms with Gasteiger partial charge in [0.25, 0.3) is 5.19 Å². The first-order chi connectivity index (χ1) is 7.81. The van der Waals surface area contributed by atoms with Crippen molar-refractivity contribution < 1.29 is 9.47 Å². The molecular weight excluding hydrogens is 248 g/mol. The van der Waals surface area contributed by atoms with Crippen LogP contribution in [0.3, 0.4) is 0 Å². The van der Waals surface area contributed by atoms with Crippen LogP contribution in [0.1, 0.15) is 30.7 Å². The minimum Gasteiger partial charge on any atom is -0.466 e. The molecule has 90 valence electrons. The molecule has 0 radical (unpaired) electrons. The molecule has 0 amide bonds. The van der Waals surface area contributed by atoms with Crippen LogP contribution in [-0.4, -0.2) is 29.5 Å². The lowest BCUT2D eigenvalue weighted by Gasteiger charge is -2.27. The van der Waals surface area contributed by atoms with Crippen molar-refractivity contribution in [3.8, 4) is 5.19 Å². The maximum absolute atomic E-state index is 5.78. The molecule has 1 aromatic heterocycles. The van der Waals surface area contributed by atoms with E-state index in [0.717, 1.165) is 30.7 Å². The van der Waals surface area contributed by atoms with Crippen molar-refractivity contribution in [1.82, 2.24) is 10.2 Å². The van der Waals surface area contributed by atoms with E-state index < -0.39 is 0 Å². The molecule has 2 unspecified atom stereocenters. The first kappa shape index (κ1) is 12.1. The summed E-state index contributed by atoms with van der Waals surface area (Å²) in [6.45, 7) is 0.